The molecule has 12 heavy (non-hydrogen) atoms. The molecular weight excluding hydrogens is 150 g/mol. The molecule has 0 bridgehead atoms. The fourth-order valence-corrected chi connectivity index (χ4v) is 1.91. The van der Waals surface area contributed by atoms with Crippen LogP contribution >= 0.6 is 0 Å². The molecule has 2 heteroatoms. The van der Waals surface area contributed by atoms with Crippen LogP contribution in [0.5, 0.6) is 0 Å². The highest BCUT2D eigenvalue weighted by atomic mass is 16.5. The molecule has 3 atom stereocenters. The van der Waals surface area contributed by atoms with E-state index in [0.717, 1.165) is 13.0 Å². The van der Waals surface area contributed by atoms with Crippen molar-refractivity contribution >= 4 is 0 Å². The van der Waals surface area contributed by atoms with Gasteiger partial charge in [-0.1, -0.05) is 13.3 Å². The Kier molecular flexibility index (Phi) is 4.02. The molecule has 2 nitrogen and oxygen atoms in total. The summed E-state index contributed by atoms with van der Waals surface area (Å²) in [7, 11) is 0. The van der Waals surface area contributed by atoms with Crippen molar-refractivity contribution in [2.24, 2.45) is 11.7 Å². The second kappa shape index (κ2) is 4.83. The fraction of sp³-hybridized carbons (Fsp3) is 1.00. The number of nitrogens with two attached hydrogens (primary N) is 1. The summed E-state index contributed by atoms with van der Waals surface area (Å²) in [5, 5.41) is 0. The van der Waals surface area contributed by atoms with E-state index in [1.807, 2.05) is 0 Å². The minimum atomic E-state index is 0.341. The molecule has 3 unspecified atom stereocenters. The van der Waals surface area contributed by atoms with E-state index in [0.29, 0.717) is 18.1 Å². The van der Waals surface area contributed by atoms with Gasteiger partial charge in [0.25, 0.3) is 0 Å². The summed E-state index contributed by atoms with van der Waals surface area (Å²) < 4.78 is 5.64. The van der Waals surface area contributed by atoms with Gasteiger partial charge in [-0.2, -0.15) is 0 Å². The first-order valence-electron chi connectivity index (χ1n) is 5.11. The summed E-state index contributed by atoms with van der Waals surface area (Å²) in [5.41, 5.74) is 5.87. The van der Waals surface area contributed by atoms with Gasteiger partial charge in [-0.05, 0) is 32.1 Å². The van der Waals surface area contributed by atoms with Crippen LogP contribution in [0.2, 0.25) is 0 Å². The first-order chi connectivity index (χ1) is 5.74. The molecule has 2 N–H and O–H groups in total. The van der Waals surface area contributed by atoms with Crippen molar-refractivity contribution in [1.82, 2.24) is 0 Å². The lowest BCUT2D eigenvalue weighted by molar-refractivity contribution is -0.0174. The number of hydrogen-bond donors (Lipinski definition) is 1. The third-order valence-corrected chi connectivity index (χ3v) is 2.76. The van der Waals surface area contributed by atoms with E-state index in [1.165, 1.54) is 19.3 Å². The standard InChI is InChI=1S/C10H21NO/c1-3-4-10-7-9(8(2)11)5-6-12-10/h8-10H,3-7,11H2,1-2H3. The Labute approximate surface area is 75.5 Å². The summed E-state index contributed by atoms with van der Waals surface area (Å²) in [6, 6.07) is 0.341. The lowest BCUT2D eigenvalue weighted by atomic mass is 9.89. The maximum atomic E-state index is 5.87. The van der Waals surface area contributed by atoms with Crippen LogP contribution < -0.4 is 5.73 Å². The molecule has 0 aromatic carbocycles. The largest absolute Gasteiger partial charge is 0.378 e. The van der Waals surface area contributed by atoms with Crippen LogP contribution in [0.1, 0.15) is 39.5 Å². The van der Waals surface area contributed by atoms with E-state index in [2.05, 4.69) is 13.8 Å². The van der Waals surface area contributed by atoms with Gasteiger partial charge in [-0.25, -0.2) is 0 Å². The lowest BCUT2D eigenvalue weighted by Gasteiger charge is -2.31. The zero-order valence-corrected chi connectivity index (χ0v) is 8.25. The average Bonchev–Trinajstić information content (AvgIpc) is 2.05. The van der Waals surface area contributed by atoms with Gasteiger partial charge in [0.15, 0.2) is 0 Å². The van der Waals surface area contributed by atoms with Gasteiger partial charge in [0, 0.05) is 12.6 Å². The lowest BCUT2D eigenvalue weighted by Crippen LogP contribution is -2.35. The molecule has 0 aromatic rings. The van der Waals surface area contributed by atoms with Gasteiger partial charge in [-0.3, -0.25) is 0 Å². The third kappa shape index (κ3) is 2.76. The molecule has 0 spiro atoms. The predicted octanol–water partition coefficient (Wildman–Crippen LogP) is 1.93. The van der Waals surface area contributed by atoms with Gasteiger partial charge >= 0.3 is 0 Å². The molecule has 1 rings (SSSR count). The molecule has 1 aliphatic heterocycles. The Hall–Kier alpha value is -0.0800. The van der Waals surface area contributed by atoms with Crippen molar-refractivity contribution in [3.8, 4) is 0 Å². The van der Waals surface area contributed by atoms with Crippen molar-refractivity contribution < 1.29 is 4.74 Å². The SMILES string of the molecule is CCCC1CC(C(C)N)CCO1. The molecular formula is C10H21NO. The van der Waals surface area contributed by atoms with E-state index in [4.69, 9.17) is 10.5 Å². The highest BCUT2D eigenvalue weighted by Gasteiger charge is 2.24. The minimum absolute atomic E-state index is 0.341. The smallest absolute Gasteiger partial charge is 0.0578 e. The molecule has 0 saturated carbocycles. The van der Waals surface area contributed by atoms with Crippen molar-refractivity contribution in [1.29, 1.82) is 0 Å². The zero-order valence-electron chi connectivity index (χ0n) is 8.25. The van der Waals surface area contributed by atoms with Crippen LogP contribution in [0.15, 0.2) is 0 Å². The molecule has 1 aliphatic rings. The first kappa shape index (κ1) is 10.0. The van der Waals surface area contributed by atoms with Crippen LogP contribution in [0.4, 0.5) is 0 Å². The Morgan fingerprint density at radius 1 is 1.58 bits per heavy atom. The molecule has 0 radical (unpaired) electrons. The number of rotatable bonds is 3. The maximum Gasteiger partial charge on any atom is 0.0578 e. The molecule has 1 fully saturated rings. The highest BCUT2D eigenvalue weighted by Crippen LogP contribution is 2.24. The van der Waals surface area contributed by atoms with Crippen LogP contribution in [-0.2, 0) is 4.74 Å². The topological polar surface area (TPSA) is 35.2 Å². The van der Waals surface area contributed by atoms with Crippen molar-refractivity contribution in [2.45, 2.75) is 51.7 Å². The van der Waals surface area contributed by atoms with E-state index in [-0.39, 0.29) is 0 Å². The summed E-state index contributed by atoms with van der Waals surface area (Å²) >= 11 is 0. The Balaban J connectivity index is 2.30. The molecule has 0 aromatic heterocycles. The van der Waals surface area contributed by atoms with E-state index in [1.54, 1.807) is 0 Å². The molecule has 1 saturated heterocycles. The Bertz CT molecular complexity index is 123. The first-order valence-corrected chi connectivity index (χ1v) is 5.11. The fourth-order valence-electron chi connectivity index (χ4n) is 1.91. The summed E-state index contributed by atoms with van der Waals surface area (Å²) in [4.78, 5) is 0. The van der Waals surface area contributed by atoms with Gasteiger partial charge < -0.3 is 10.5 Å². The second-order valence-electron chi connectivity index (χ2n) is 3.93. The summed E-state index contributed by atoms with van der Waals surface area (Å²) in [5.74, 6) is 0.690. The van der Waals surface area contributed by atoms with Crippen LogP contribution in [0.25, 0.3) is 0 Å². The van der Waals surface area contributed by atoms with Gasteiger partial charge in [0.1, 0.15) is 0 Å². The van der Waals surface area contributed by atoms with E-state index in [9.17, 15) is 0 Å². The van der Waals surface area contributed by atoms with Crippen molar-refractivity contribution in [3.05, 3.63) is 0 Å². The normalized spacial score (nSPS) is 33.2. The zero-order chi connectivity index (χ0) is 8.97. The molecule has 0 amide bonds. The Morgan fingerprint density at radius 3 is 2.92 bits per heavy atom. The molecule has 1 heterocycles. The minimum Gasteiger partial charge on any atom is -0.378 e. The van der Waals surface area contributed by atoms with Gasteiger partial charge in [0.05, 0.1) is 6.10 Å². The van der Waals surface area contributed by atoms with Crippen molar-refractivity contribution in [2.75, 3.05) is 6.61 Å². The van der Waals surface area contributed by atoms with Crippen LogP contribution in [-0.4, -0.2) is 18.8 Å². The van der Waals surface area contributed by atoms with Crippen LogP contribution in [0.3, 0.4) is 0 Å². The van der Waals surface area contributed by atoms with Gasteiger partial charge in [-0.15, -0.1) is 0 Å². The van der Waals surface area contributed by atoms with E-state index < -0.39 is 0 Å². The second-order valence-corrected chi connectivity index (χ2v) is 3.93. The van der Waals surface area contributed by atoms with Gasteiger partial charge in [0.2, 0.25) is 0 Å². The highest BCUT2D eigenvalue weighted by molar-refractivity contribution is 4.76. The molecule has 72 valence electrons. The average molecular weight is 171 g/mol. The summed E-state index contributed by atoms with van der Waals surface area (Å²) in [6.07, 6.45) is 5.22. The van der Waals surface area contributed by atoms with Crippen LogP contribution in [0, 0.1) is 5.92 Å². The number of hydrogen-bond acceptors (Lipinski definition) is 2. The predicted molar refractivity (Wildman–Crippen MR) is 51.0 cm³/mol. The quantitative estimate of drug-likeness (QED) is 0.704. The van der Waals surface area contributed by atoms with E-state index >= 15 is 0 Å². The maximum absolute atomic E-state index is 5.87. The Morgan fingerprint density at radius 2 is 2.33 bits per heavy atom. The monoisotopic (exact) mass is 171 g/mol. The summed E-state index contributed by atoms with van der Waals surface area (Å²) in [6.45, 7) is 5.23. The molecule has 0 aliphatic carbocycles. The third-order valence-electron chi connectivity index (χ3n) is 2.76. The number of ether oxygens (including phenoxy) is 1. The van der Waals surface area contributed by atoms with Crippen molar-refractivity contribution in [3.63, 3.8) is 0 Å².